The van der Waals surface area contributed by atoms with Crippen LogP contribution in [0.4, 0.5) is 0 Å². The summed E-state index contributed by atoms with van der Waals surface area (Å²) in [5.74, 6) is 0. The number of nitrogens with one attached hydrogen (secondary N) is 2. The minimum absolute atomic E-state index is 0.288. The molecule has 7 heteroatoms. The predicted octanol–water partition coefficient (Wildman–Crippen LogP) is 1.51. The molecule has 4 rings (SSSR count). The van der Waals surface area contributed by atoms with E-state index in [4.69, 9.17) is 5.26 Å². The molecule has 0 spiro atoms. The minimum Gasteiger partial charge on any atom is -0.346 e. The van der Waals surface area contributed by atoms with Crippen molar-refractivity contribution in [1.82, 2.24) is 25.1 Å². The monoisotopic (exact) mass is 303 g/mol. The fourth-order valence-electron chi connectivity index (χ4n) is 3.04. The van der Waals surface area contributed by atoms with Crippen molar-refractivity contribution >= 4 is 11.0 Å². The quantitative estimate of drug-likeness (QED) is 0.763. The molecule has 1 fully saturated rings. The number of aromatic nitrogens is 4. The van der Waals surface area contributed by atoms with Gasteiger partial charge in [0.05, 0.1) is 24.3 Å². The summed E-state index contributed by atoms with van der Waals surface area (Å²) in [6.45, 7) is 1.45. The molecular weight excluding hydrogens is 290 g/mol. The molecule has 23 heavy (non-hydrogen) atoms. The molecule has 0 aromatic carbocycles. The lowest BCUT2D eigenvalue weighted by Gasteiger charge is -2.41. The van der Waals surface area contributed by atoms with Crippen LogP contribution in [-0.4, -0.2) is 32.8 Å². The van der Waals surface area contributed by atoms with Crippen LogP contribution in [0.3, 0.4) is 0 Å². The lowest BCUT2D eigenvalue weighted by Crippen LogP contribution is -2.60. The number of nitrogens with zero attached hydrogens (tertiary/aromatic N) is 5. The summed E-state index contributed by atoms with van der Waals surface area (Å²) in [7, 11) is 0. The Hall–Kier alpha value is -3.16. The molecule has 4 heterocycles. The third-order valence-corrected chi connectivity index (χ3v) is 4.38. The Labute approximate surface area is 132 Å². The first-order valence-electron chi connectivity index (χ1n) is 7.27. The van der Waals surface area contributed by atoms with E-state index in [1.807, 2.05) is 16.9 Å². The first kappa shape index (κ1) is 13.5. The Balaban J connectivity index is 1.86. The minimum atomic E-state index is -0.288. The molecule has 0 unspecified atom stereocenters. The van der Waals surface area contributed by atoms with Gasteiger partial charge in [0, 0.05) is 48.2 Å². The third kappa shape index (κ3) is 1.91. The number of fused-ring (bicyclic) bond motifs is 1. The summed E-state index contributed by atoms with van der Waals surface area (Å²) >= 11 is 0. The number of aromatic amines is 1. The zero-order valence-corrected chi connectivity index (χ0v) is 12.2. The zero-order valence-electron chi connectivity index (χ0n) is 12.2. The van der Waals surface area contributed by atoms with Crippen LogP contribution in [-0.2, 0) is 5.54 Å². The average Bonchev–Trinajstić information content (AvgIpc) is 3.18. The number of hydrogen-bond acceptors (Lipinski definition) is 5. The largest absolute Gasteiger partial charge is 0.346 e. The van der Waals surface area contributed by atoms with Crippen LogP contribution in [0.15, 0.2) is 30.9 Å². The summed E-state index contributed by atoms with van der Waals surface area (Å²) in [6, 6.07) is 6.35. The van der Waals surface area contributed by atoms with Crippen LogP contribution < -0.4 is 5.32 Å². The van der Waals surface area contributed by atoms with Gasteiger partial charge in [0.1, 0.15) is 17.3 Å². The second-order valence-corrected chi connectivity index (χ2v) is 5.73. The SMILES string of the molecule is N#CCC1(n2cc(-c3c(C#N)cnc4[nH]ccc34)cn2)CNC1. The number of pyridine rings is 1. The maximum Gasteiger partial charge on any atom is 0.137 e. The van der Waals surface area contributed by atoms with Crippen molar-refractivity contribution in [3.8, 4) is 23.3 Å². The molecule has 3 aromatic heterocycles. The van der Waals surface area contributed by atoms with Gasteiger partial charge in [-0.15, -0.1) is 0 Å². The fourth-order valence-corrected chi connectivity index (χ4v) is 3.04. The Morgan fingerprint density at radius 3 is 2.87 bits per heavy atom. The van der Waals surface area contributed by atoms with Crippen molar-refractivity contribution < 1.29 is 0 Å². The van der Waals surface area contributed by atoms with E-state index in [2.05, 4.69) is 32.5 Å². The van der Waals surface area contributed by atoms with Gasteiger partial charge in [0.2, 0.25) is 0 Å². The van der Waals surface area contributed by atoms with Crippen molar-refractivity contribution in [3.63, 3.8) is 0 Å². The maximum absolute atomic E-state index is 9.40. The molecule has 0 bridgehead atoms. The lowest BCUT2D eigenvalue weighted by molar-refractivity contribution is 0.160. The molecule has 3 aromatic rings. The van der Waals surface area contributed by atoms with E-state index in [9.17, 15) is 5.26 Å². The van der Waals surface area contributed by atoms with Gasteiger partial charge in [-0.2, -0.15) is 15.6 Å². The molecule has 112 valence electrons. The topological polar surface area (TPSA) is 106 Å². The molecule has 2 N–H and O–H groups in total. The molecule has 7 nitrogen and oxygen atoms in total. The molecule has 0 atom stereocenters. The van der Waals surface area contributed by atoms with Crippen LogP contribution in [0.25, 0.3) is 22.2 Å². The molecule has 1 saturated heterocycles. The van der Waals surface area contributed by atoms with E-state index >= 15 is 0 Å². The number of rotatable bonds is 3. The van der Waals surface area contributed by atoms with E-state index in [-0.39, 0.29) is 5.54 Å². The highest BCUT2D eigenvalue weighted by molar-refractivity contribution is 5.95. The highest BCUT2D eigenvalue weighted by Crippen LogP contribution is 2.32. The van der Waals surface area contributed by atoms with Gasteiger partial charge in [-0.25, -0.2) is 4.98 Å². The van der Waals surface area contributed by atoms with Gasteiger partial charge in [-0.3, -0.25) is 4.68 Å². The Kier molecular flexibility index (Phi) is 2.90. The smallest absolute Gasteiger partial charge is 0.137 e. The van der Waals surface area contributed by atoms with Gasteiger partial charge >= 0.3 is 0 Å². The molecule has 1 aliphatic heterocycles. The maximum atomic E-state index is 9.40. The van der Waals surface area contributed by atoms with E-state index in [0.29, 0.717) is 12.0 Å². The molecule has 0 saturated carbocycles. The van der Waals surface area contributed by atoms with Crippen LogP contribution in [0.5, 0.6) is 0 Å². The van der Waals surface area contributed by atoms with Gasteiger partial charge in [-0.1, -0.05) is 0 Å². The van der Waals surface area contributed by atoms with Gasteiger partial charge in [-0.05, 0) is 6.07 Å². The second-order valence-electron chi connectivity index (χ2n) is 5.73. The molecule has 0 aliphatic carbocycles. The van der Waals surface area contributed by atoms with Gasteiger partial charge < -0.3 is 10.3 Å². The van der Waals surface area contributed by atoms with Crippen molar-refractivity contribution in [2.24, 2.45) is 0 Å². The third-order valence-electron chi connectivity index (χ3n) is 4.38. The van der Waals surface area contributed by atoms with E-state index in [1.165, 1.54) is 0 Å². The van der Waals surface area contributed by atoms with Crippen molar-refractivity contribution in [1.29, 1.82) is 10.5 Å². The highest BCUT2D eigenvalue weighted by atomic mass is 15.4. The summed E-state index contributed by atoms with van der Waals surface area (Å²) in [4.78, 5) is 7.31. The molecule has 0 amide bonds. The molecule has 1 aliphatic rings. The number of nitriles is 2. The Morgan fingerprint density at radius 1 is 1.30 bits per heavy atom. The lowest BCUT2D eigenvalue weighted by atomic mass is 9.89. The number of H-pyrrole nitrogens is 1. The normalized spacial score (nSPS) is 15.7. The second kappa shape index (κ2) is 4.94. The van der Waals surface area contributed by atoms with E-state index in [0.717, 1.165) is 35.2 Å². The summed E-state index contributed by atoms with van der Waals surface area (Å²) in [5.41, 5.74) is 2.65. The molecular formula is C16H13N7. The van der Waals surface area contributed by atoms with Crippen LogP contribution in [0.1, 0.15) is 12.0 Å². The van der Waals surface area contributed by atoms with Gasteiger partial charge in [0.15, 0.2) is 0 Å². The first-order valence-corrected chi connectivity index (χ1v) is 7.27. The average molecular weight is 303 g/mol. The highest BCUT2D eigenvalue weighted by Gasteiger charge is 2.39. The van der Waals surface area contributed by atoms with Crippen molar-refractivity contribution in [3.05, 3.63) is 36.4 Å². The van der Waals surface area contributed by atoms with Crippen molar-refractivity contribution in [2.75, 3.05) is 13.1 Å². The zero-order chi connectivity index (χ0) is 15.9. The first-order chi connectivity index (χ1) is 11.3. The van der Waals surface area contributed by atoms with E-state index in [1.54, 1.807) is 18.6 Å². The predicted molar refractivity (Wildman–Crippen MR) is 83.1 cm³/mol. The fraction of sp³-hybridized carbons (Fsp3) is 0.250. The van der Waals surface area contributed by atoms with Gasteiger partial charge in [0.25, 0.3) is 0 Å². The number of hydrogen-bond donors (Lipinski definition) is 2. The molecule has 0 radical (unpaired) electrons. The Morgan fingerprint density at radius 2 is 2.17 bits per heavy atom. The summed E-state index contributed by atoms with van der Waals surface area (Å²) in [6.07, 6.45) is 7.45. The van der Waals surface area contributed by atoms with Crippen LogP contribution in [0.2, 0.25) is 0 Å². The Bertz CT molecular complexity index is 962. The standard InChI is InChI=1S/C16H13N7/c17-3-2-16(9-19-10-16)23-8-12(7-22-23)14-11(5-18)6-21-15-13(14)1-4-20-15/h1,4,6-8,19H,2,9-10H2,(H,20,21). The van der Waals surface area contributed by atoms with E-state index < -0.39 is 0 Å². The van der Waals surface area contributed by atoms with Crippen LogP contribution >= 0.6 is 0 Å². The summed E-state index contributed by atoms with van der Waals surface area (Å²) in [5, 5.41) is 27.0. The van der Waals surface area contributed by atoms with Crippen LogP contribution in [0, 0.1) is 22.7 Å². The summed E-state index contributed by atoms with van der Waals surface area (Å²) < 4.78 is 1.85. The van der Waals surface area contributed by atoms with Crippen molar-refractivity contribution in [2.45, 2.75) is 12.0 Å².